The summed E-state index contributed by atoms with van der Waals surface area (Å²) in [7, 11) is 1.68. The number of fused-ring (bicyclic) bond motifs is 1. The number of hydrogen-bond donors (Lipinski definition) is 1. The molecule has 0 bridgehead atoms. The van der Waals surface area contributed by atoms with Crippen LogP contribution in [0.25, 0.3) is 10.9 Å². The quantitative estimate of drug-likeness (QED) is 0.770. The van der Waals surface area contributed by atoms with Crippen LogP contribution >= 0.6 is 0 Å². The fourth-order valence-electron chi connectivity index (χ4n) is 1.93. The number of H-pyrrole nitrogens is 1. The molecule has 0 spiro atoms. The second kappa shape index (κ2) is 4.73. The van der Waals surface area contributed by atoms with Gasteiger partial charge in [-0.3, -0.25) is 19.8 Å². The Bertz CT molecular complexity index is 763. The molecular formula is C14H13N5O. The molecule has 1 N–H and O–H groups in total. The number of aromatic nitrogens is 4. The average molecular weight is 267 g/mol. The minimum absolute atomic E-state index is 0.139. The van der Waals surface area contributed by atoms with E-state index in [0.717, 1.165) is 16.6 Å². The number of rotatable bonds is 2. The van der Waals surface area contributed by atoms with Gasteiger partial charge in [-0.2, -0.15) is 5.10 Å². The molecule has 2 aromatic heterocycles. The molecule has 0 atom stereocenters. The van der Waals surface area contributed by atoms with Crippen molar-refractivity contribution in [3.05, 3.63) is 48.0 Å². The van der Waals surface area contributed by atoms with Gasteiger partial charge in [-0.1, -0.05) is 6.07 Å². The summed E-state index contributed by atoms with van der Waals surface area (Å²) in [6.07, 6.45) is 4.94. The second-order valence-corrected chi connectivity index (χ2v) is 4.55. The number of carbonyl (C=O) groups is 1. The van der Waals surface area contributed by atoms with Gasteiger partial charge in [0.2, 0.25) is 0 Å². The van der Waals surface area contributed by atoms with Crippen LogP contribution in [-0.4, -0.2) is 33.1 Å². The molecule has 100 valence electrons. The summed E-state index contributed by atoms with van der Waals surface area (Å²) < 4.78 is 0. The first-order valence-corrected chi connectivity index (χ1v) is 6.15. The van der Waals surface area contributed by atoms with Crippen molar-refractivity contribution in [3.63, 3.8) is 0 Å². The van der Waals surface area contributed by atoms with Crippen LogP contribution in [-0.2, 0) is 0 Å². The summed E-state index contributed by atoms with van der Waals surface area (Å²) in [4.78, 5) is 22.2. The lowest BCUT2D eigenvalue weighted by molar-refractivity contribution is 0.0992. The van der Waals surface area contributed by atoms with E-state index in [1.807, 2.05) is 13.0 Å². The second-order valence-electron chi connectivity index (χ2n) is 4.55. The maximum atomic E-state index is 12.4. The number of nitrogens with zero attached hydrogens (tertiary/aromatic N) is 4. The van der Waals surface area contributed by atoms with E-state index in [1.54, 1.807) is 37.8 Å². The molecule has 2 heterocycles. The van der Waals surface area contributed by atoms with E-state index in [-0.39, 0.29) is 5.91 Å². The van der Waals surface area contributed by atoms with Gasteiger partial charge < -0.3 is 0 Å². The maximum Gasteiger partial charge on any atom is 0.259 e. The van der Waals surface area contributed by atoms with Crippen molar-refractivity contribution in [1.29, 1.82) is 0 Å². The third kappa shape index (κ3) is 2.11. The highest BCUT2D eigenvalue weighted by Gasteiger charge is 2.15. The molecule has 6 nitrogen and oxygen atoms in total. The third-order valence-corrected chi connectivity index (χ3v) is 3.10. The highest BCUT2D eigenvalue weighted by molar-refractivity contribution is 6.06. The van der Waals surface area contributed by atoms with Crippen LogP contribution in [0, 0.1) is 6.92 Å². The van der Waals surface area contributed by atoms with Crippen molar-refractivity contribution in [2.45, 2.75) is 6.92 Å². The highest BCUT2D eigenvalue weighted by Crippen LogP contribution is 2.16. The van der Waals surface area contributed by atoms with Gasteiger partial charge in [-0.05, 0) is 19.1 Å². The van der Waals surface area contributed by atoms with E-state index in [0.29, 0.717) is 11.4 Å². The van der Waals surface area contributed by atoms with Crippen LogP contribution < -0.4 is 4.90 Å². The Balaban J connectivity index is 1.92. The number of nitrogens with one attached hydrogen (secondary N) is 1. The molecule has 0 aliphatic rings. The molecule has 3 rings (SSSR count). The normalized spacial score (nSPS) is 10.7. The van der Waals surface area contributed by atoms with Crippen LogP contribution in [0.5, 0.6) is 0 Å². The predicted octanol–water partition coefficient (Wildman–Crippen LogP) is 1.94. The topological polar surface area (TPSA) is 74.8 Å². The first-order chi connectivity index (χ1) is 9.65. The fraction of sp³-hybridized carbons (Fsp3) is 0.143. The Morgan fingerprint density at radius 3 is 2.80 bits per heavy atom. The Morgan fingerprint density at radius 1 is 1.20 bits per heavy atom. The van der Waals surface area contributed by atoms with Crippen LogP contribution in [0.15, 0.2) is 36.8 Å². The molecule has 0 aliphatic heterocycles. The molecule has 1 aromatic carbocycles. The number of aryl methyl sites for hydroxylation is 1. The van der Waals surface area contributed by atoms with Gasteiger partial charge in [-0.15, -0.1) is 0 Å². The molecule has 0 saturated heterocycles. The summed E-state index contributed by atoms with van der Waals surface area (Å²) in [5.74, 6) is 0.380. The molecule has 0 unspecified atom stereocenters. The smallest absolute Gasteiger partial charge is 0.259 e. The van der Waals surface area contributed by atoms with E-state index >= 15 is 0 Å². The van der Waals surface area contributed by atoms with Crippen molar-refractivity contribution >= 4 is 22.6 Å². The van der Waals surface area contributed by atoms with E-state index in [1.165, 1.54) is 4.90 Å². The minimum Gasteiger partial charge on any atom is -0.295 e. The van der Waals surface area contributed by atoms with Crippen LogP contribution in [0.2, 0.25) is 0 Å². The zero-order chi connectivity index (χ0) is 14.1. The molecular weight excluding hydrogens is 254 g/mol. The molecule has 1 amide bonds. The standard InChI is InChI=1S/C14H13N5O/c1-9-6-16-13(8-15-9)19(2)14(20)10-3-4-11-7-17-18-12(11)5-10/h3-8H,1-2H3,(H,17,18). The maximum absolute atomic E-state index is 12.4. The van der Waals surface area contributed by atoms with Gasteiger partial charge in [0, 0.05) is 18.0 Å². The highest BCUT2D eigenvalue weighted by atomic mass is 16.2. The number of hydrogen-bond acceptors (Lipinski definition) is 4. The largest absolute Gasteiger partial charge is 0.295 e. The average Bonchev–Trinajstić information content (AvgIpc) is 2.94. The summed E-state index contributed by atoms with van der Waals surface area (Å²) in [6, 6.07) is 5.42. The molecule has 6 heteroatoms. The predicted molar refractivity (Wildman–Crippen MR) is 75.6 cm³/mol. The lowest BCUT2D eigenvalue weighted by atomic mass is 10.1. The Labute approximate surface area is 115 Å². The number of carbonyl (C=O) groups excluding carboxylic acids is 1. The Kier molecular flexibility index (Phi) is 2.90. The molecule has 3 aromatic rings. The van der Waals surface area contributed by atoms with Crippen LogP contribution in [0.4, 0.5) is 5.82 Å². The zero-order valence-corrected chi connectivity index (χ0v) is 11.2. The first kappa shape index (κ1) is 12.3. The summed E-state index contributed by atoms with van der Waals surface area (Å²) >= 11 is 0. The summed E-state index contributed by atoms with van der Waals surface area (Å²) in [6.45, 7) is 1.85. The molecule has 20 heavy (non-hydrogen) atoms. The van der Waals surface area contributed by atoms with Gasteiger partial charge in [0.1, 0.15) is 0 Å². The van der Waals surface area contributed by atoms with Crippen LogP contribution in [0.1, 0.15) is 16.1 Å². The molecule has 0 aliphatic carbocycles. The SMILES string of the molecule is Cc1cnc(N(C)C(=O)c2ccc3cn[nH]c3c2)cn1. The lowest BCUT2D eigenvalue weighted by Crippen LogP contribution is -2.27. The number of benzene rings is 1. The van der Waals surface area contributed by atoms with Crippen LogP contribution in [0.3, 0.4) is 0 Å². The Morgan fingerprint density at radius 2 is 2.05 bits per heavy atom. The summed E-state index contributed by atoms with van der Waals surface area (Å²) in [5, 5.41) is 7.77. The monoisotopic (exact) mass is 267 g/mol. The van der Waals surface area contributed by atoms with Gasteiger partial charge in [0.05, 0.1) is 29.8 Å². The van der Waals surface area contributed by atoms with E-state index < -0.39 is 0 Å². The minimum atomic E-state index is -0.139. The first-order valence-electron chi connectivity index (χ1n) is 6.15. The number of aromatic amines is 1. The molecule has 0 fully saturated rings. The lowest BCUT2D eigenvalue weighted by Gasteiger charge is -2.15. The van der Waals surface area contributed by atoms with Crippen molar-refractivity contribution in [2.24, 2.45) is 0 Å². The van der Waals surface area contributed by atoms with Gasteiger partial charge in [0.25, 0.3) is 5.91 Å². The van der Waals surface area contributed by atoms with Crippen molar-refractivity contribution < 1.29 is 4.79 Å². The van der Waals surface area contributed by atoms with E-state index in [4.69, 9.17) is 0 Å². The van der Waals surface area contributed by atoms with Crippen molar-refractivity contribution in [1.82, 2.24) is 20.2 Å². The fourth-order valence-corrected chi connectivity index (χ4v) is 1.93. The number of amides is 1. The molecule has 0 saturated carbocycles. The van der Waals surface area contributed by atoms with Gasteiger partial charge in [-0.25, -0.2) is 4.98 Å². The number of anilines is 1. The van der Waals surface area contributed by atoms with Crippen molar-refractivity contribution in [3.8, 4) is 0 Å². The zero-order valence-electron chi connectivity index (χ0n) is 11.2. The Hall–Kier alpha value is -2.76. The summed E-state index contributed by atoms with van der Waals surface area (Å²) in [5.41, 5.74) is 2.22. The van der Waals surface area contributed by atoms with Crippen molar-refractivity contribution in [2.75, 3.05) is 11.9 Å². The third-order valence-electron chi connectivity index (χ3n) is 3.10. The van der Waals surface area contributed by atoms with E-state index in [9.17, 15) is 4.79 Å². The van der Waals surface area contributed by atoms with Gasteiger partial charge >= 0.3 is 0 Å². The van der Waals surface area contributed by atoms with Gasteiger partial charge in [0.15, 0.2) is 5.82 Å². The molecule has 0 radical (unpaired) electrons. The van der Waals surface area contributed by atoms with E-state index in [2.05, 4.69) is 20.2 Å².